The van der Waals surface area contributed by atoms with Crippen LogP contribution in [0.4, 0.5) is 21.0 Å². The lowest BCUT2D eigenvalue weighted by atomic mass is 10.0. The number of aryl methyl sites for hydroxylation is 1. The van der Waals surface area contributed by atoms with Gasteiger partial charge in [-0.1, -0.05) is 30.3 Å². The van der Waals surface area contributed by atoms with Crippen molar-refractivity contribution < 1.29 is 36.5 Å². The average molecular weight is 504 g/mol. The van der Waals surface area contributed by atoms with Crippen LogP contribution in [0.5, 0.6) is 0 Å². The lowest BCUT2D eigenvalue weighted by molar-refractivity contribution is -0.118. The molecule has 186 valence electrons. The number of hydrogen-bond acceptors (Lipinski definition) is 8. The van der Waals surface area contributed by atoms with Crippen LogP contribution in [0.15, 0.2) is 48.5 Å². The Balaban J connectivity index is 1.36. The van der Waals surface area contributed by atoms with Crippen LogP contribution in [0.2, 0.25) is 0 Å². The molecule has 2 aromatic carbocycles. The fourth-order valence-corrected chi connectivity index (χ4v) is 4.19. The number of carbonyl (C=O) groups excluding carboxylic acids is 3. The molecule has 1 fully saturated rings. The first-order valence-corrected chi connectivity index (χ1v) is 12.7. The van der Waals surface area contributed by atoms with Crippen LogP contribution in [0.1, 0.15) is 17.5 Å². The summed E-state index contributed by atoms with van der Waals surface area (Å²) >= 11 is 0. The Morgan fingerprint density at radius 3 is 2.71 bits per heavy atom. The van der Waals surface area contributed by atoms with Crippen molar-refractivity contribution in [2.45, 2.75) is 31.6 Å². The molecule has 0 radical (unpaired) electrons. The van der Waals surface area contributed by atoms with Gasteiger partial charge < -0.3 is 20.1 Å². The van der Waals surface area contributed by atoms with Crippen LogP contribution in [-0.2, 0) is 41.6 Å². The second-order valence-electron chi connectivity index (χ2n) is 8.23. The van der Waals surface area contributed by atoms with Gasteiger partial charge in [0.25, 0.3) is 10.1 Å². The minimum atomic E-state index is -3.65. The second-order valence-corrected chi connectivity index (χ2v) is 9.88. The molecule has 1 unspecified atom stereocenters. The number of alkyl carbamates (subject to hydrolysis) is 1. The number of rotatable bonds is 7. The summed E-state index contributed by atoms with van der Waals surface area (Å²) in [5.41, 5.74) is 2.73. The van der Waals surface area contributed by atoms with Gasteiger partial charge in [-0.05, 0) is 42.2 Å². The largest absolute Gasteiger partial charge is 0.445 e. The Labute approximate surface area is 202 Å². The third-order valence-corrected chi connectivity index (χ3v) is 6.09. The molecular formula is C23H25N3O8S. The monoisotopic (exact) mass is 503 g/mol. The molecule has 2 aliphatic heterocycles. The van der Waals surface area contributed by atoms with Crippen molar-refractivity contribution in [2.75, 3.05) is 29.6 Å². The predicted octanol–water partition coefficient (Wildman–Crippen LogP) is 2.17. The van der Waals surface area contributed by atoms with E-state index in [1.807, 2.05) is 30.3 Å². The molecule has 2 aromatic rings. The summed E-state index contributed by atoms with van der Waals surface area (Å²) in [7, 11) is -3.65. The van der Waals surface area contributed by atoms with E-state index in [1.165, 1.54) is 4.90 Å². The number of cyclic esters (lactones) is 1. The van der Waals surface area contributed by atoms with E-state index in [2.05, 4.69) is 10.6 Å². The second kappa shape index (κ2) is 10.3. The van der Waals surface area contributed by atoms with Crippen LogP contribution in [0.3, 0.4) is 0 Å². The van der Waals surface area contributed by atoms with Crippen molar-refractivity contribution in [1.82, 2.24) is 5.32 Å². The molecule has 12 heteroatoms. The molecule has 11 nitrogen and oxygen atoms in total. The van der Waals surface area contributed by atoms with Gasteiger partial charge in [0.05, 0.1) is 12.8 Å². The van der Waals surface area contributed by atoms with Crippen LogP contribution in [-0.4, -0.2) is 58.1 Å². The first-order chi connectivity index (χ1) is 16.7. The summed E-state index contributed by atoms with van der Waals surface area (Å²) in [6, 6.07) is 13.5. The highest BCUT2D eigenvalue weighted by atomic mass is 32.2. The Morgan fingerprint density at radius 2 is 1.97 bits per heavy atom. The lowest BCUT2D eigenvalue weighted by Crippen LogP contribution is -2.43. The van der Waals surface area contributed by atoms with Crippen molar-refractivity contribution in [2.24, 2.45) is 0 Å². The van der Waals surface area contributed by atoms with E-state index in [-0.39, 0.29) is 25.7 Å². The molecule has 2 heterocycles. The number of hydrogen-bond donors (Lipinski definition) is 2. The number of fused-ring (bicyclic) bond motifs is 1. The molecular weight excluding hydrogens is 478 g/mol. The molecule has 0 aliphatic carbocycles. The maximum atomic E-state index is 12.6. The van der Waals surface area contributed by atoms with Crippen molar-refractivity contribution in [3.63, 3.8) is 0 Å². The number of nitrogens with zero attached hydrogens (tertiary/aromatic N) is 1. The third-order valence-electron chi connectivity index (χ3n) is 5.52. The third kappa shape index (κ3) is 6.49. The molecule has 1 saturated heterocycles. The molecule has 2 N–H and O–H groups in total. The Hall–Kier alpha value is -3.64. The van der Waals surface area contributed by atoms with Crippen molar-refractivity contribution in [1.29, 1.82) is 0 Å². The predicted molar refractivity (Wildman–Crippen MR) is 125 cm³/mol. The summed E-state index contributed by atoms with van der Waals surface area (Å²) in [4.78, 5) is 38.5. The smallest absolute Gasteiger partial charge is 0.414 e. The van der Waals surface area contributed by atoms with E-state index in [0.29, 0.717) is 24.2 Å². The summed E-state index contributed by atoms with van der Waals surface area (Å²) in [5.74, 6) is -0.369. The van der Waals surface area contributed by atoms with Crippen LogP contribution in [0.25, 0.3) is 0 Å². The van der Waals surface area contributed by atoms with Crippen molar-refractivity contribution in [3.8, 4) is 0 Å². The van der Waals surface area contributed by atoms with Gasteiger partial charge in [-0.25, -0.2) is 9.59 Å². The highest BCUT2D eigenvalue weighted by molar-refractivity contribution is 7.85. The Bertz CT molecular complexity index is 1220. The molecule has 4 rings (SSSR count). The van der Waals surface area contributed by atoms with Gasteiger partial charge in [0.1, 0.15) is 25.4 Å². The van der Waals surface area contributed by atoms with Crippen LogP contribution >= 0.6 is 0 Å². The summed E-state index contributed by atoms with van der Waals surface area (Å²) in [6.45, 7) is -0.0561. The van der Waals surface area contributed by atoms with Crippen molar-refractivity contribution in [3.05, 3.63) is 59.7 Å². The molecule has 2 atom stereocenters. The topological polar surface area (TPSA) is 140 Å². The highest BCUT2D eigenvalue weighted by Crippen LogP contribution is 2.30. The number of anilines is 2. The molecule has 35 heavy (non-hydrogen) atoms. The van der Waals surface area contributed by atoms with Gasteiger partial charge in [0, 0.05) is 11.4 Å². The number of benzene rings is 2. The zero-order chi connectivity index (χ0) is 25.0. The van der Waals surface area contributed by atoms with Crippen molar-refractivity contribution >= 4 is 39.6 Å². The zero-order valence-electron chi connectivity index (χ0n) is 18.9. The number of carbonyl (C=O) groups is 3. The highest BCUT2D eigenvalue weighted by Gasteiger charge is 2.34. The maximum absolute atomic E-state index is 12.6. The standard InChI is InChI=1S/C23H25N3O8S/c1-35(30,31)33-14-18-12-26(23(29)34-18)17-8-10-19-16(11-17)7-9-20(21(27)24-19)25-22(28)32-13-15-5-3-2-4-6-15/h2-6,8,10-11,18,20H,7,9,12-14H2,1H3,(H,24,27)(H,25,28)/t18-,20?/m1/s1. The molecule has 0 bridgehead atoms. The molecule has 2 aliphatic rings. The number of nitrogens with one attached hydrogen (secondary N) is 2. The van der Waals surface area contributed by atoms with E-state index in [1.54, 1.807) is 18.2 Å². The number of amides is 3. The quantitative estimate of drug-likeness (QED) is 0.548. The first-order valence-electron chi connectivity index (χ1n) is 10.9. The van der Waals surface area contributed by atoms with Gasteiger partial charge in [0.15, 0.2) is 0 Å². The fraction of sp³-hybridized carbons (Fsp3) is 0.348. The van der Waals surface area contributed by atoms with E-state index < -0.39 is 34.5 Å². The Kier molecular flexibility index (Phi) is 7.22. The van der Waals surface area contributed by atoms with E-state index in [9.17, 15) is 22.8 Å². The van der Waals surface area contributed by atoms with E-state index in [0.717, 1.165) is 17.4 Å². The normalized spacial score (nSPS) is 19.9. The molecule has 0 spiro atoms. The van der Waals surface area contributed by atoms with Crippen LogP contribution in [0, 0.1) is 0 Å². The van der Waals surface area contributed by atoms with Gasteiger partial charge in [-0.3, -0.25) is 13.9 Å². The lowest BCUT2D eigenvalue weighted by Gasteiger charge is -2.16. The van der Waals surface area contributed by atoms with Gasteiger partial charge in [-0.2, -0.15) is 8.42 Å². The van der Waals surface area contributed by atoms with E-state index in [4.69, 9.17) is 13.7 Å². The SMILES string of the molecule is CS(=O)(=O)OC[C@H]1CN(c2ccc3c(c2)CCC(NC(=O)OCc2ccccc2)C(=O)N3)C(=O)O1. The van der Waals surface area contributed by atoms with Gasteiger partial charge in [0.2, 0.25) is 5.91 Å². The van der Waals surface area contributed by atoms with Crippen LogP contribution < -0.4 is 15.5 Å². The number of ether oxygens (including phenoxy) is 2. The molecule has 3 amide bonds. The molecule has 0 aromatic heterocycles. The summed E-state index contributed by atoms with van der Waals surface area (Å²) < 4.78 is 37.5. The maximum Gasteiger partial charge on any atom is 0.414 e. The van der Waals surface area contributed by atoms with Gasteiger partial charge in [-0.15, -0.1) is 0 Å². The minimum absolute atomic E-state index is 0.0900. The summed E-state index contributed by atoms with van der Waals surface area (Å²) in [6.07, 6.45) is -0.333. The Morgan fingerprint density at radius 1 is 1.20 bits per heavy atom. The van der Waals surface area contributed by atoms with E-state index >= 15 is 0 Å². The first kappa shape index (κ1) is 24.5. The molecule has 0 saturated carbocycles. The van der Waals surface area contributed by atoms with Gasteiger partial charge >= 0.3 is 12.2 Å². The minimum Gasteiger partial charge on any atom is -0.445 e. The average Bonchev–Trinajstić information content (AvgIpc) is 3.12. The zero-order valence-corrected chi connectivity index (χ0v) is 19.7. The fourth-order valence-electron chi connectivity index (χ4n) is 3.79. The summed E-state index contributed by atoms with van der Waals surface area (Å²) in [5, 5.41) is 5.40.